The lowest BCUT2D eigenvalue weighted by Gasteiger charge is -2.31. The number of ether oxygens (including phenoxy) is 1. The lowest BCUT2D eigenvalue weighted by molar-refractivity contribution is 0.0340. The van der Waals surface area contributed by atoms with E-state index in [1.165, 1.54) is 5.56 Å². The number of morpholine rings is 1. The van der Waals surface area contributed by atoms with Crippen molar-refractivity contribution in [2.45, 2.75) is 13.0 Å². The van der Waals surface area contributed by atoms with E-state index in [2.05, 4.69) is 56.9 Å². The molecular weight excluding hydrogens is 306 g/mol. The number of aryl methyl sites for hydroxylation is 1. The highest BCUT2D eigenvalue weighted by molar-refractivity contribution is 5.89. The maximum Gasteiger partial charge on any atom is 0.319 e. The summed E-state index contributed by atoms with van der Waals surface area (Å²) in [6.45, 7) is 6.05. The number of nitrogens with one attached hydrogen (secondary N) is 3. The van der Waals surface area contributed by atoms with Gasteiger partial charge in [-0.15, -0.1) is 0 Å². The number of nitrogens with zero attached hydrogens (tertiary/aromatic N) is 2. The van der Waals surface area contributed by atoms with E-state index < -0.39 is 0 Å². The number of urea groups is 1. The third-order valence-corrected chi connectivity index (χ3v) is 4.09. The maximum atomic E-state index is 12.3. The summed E-state index contributed by atoms with van der Waals surface area (Å²) in [4.78, 5) is 14.6. The van der Waals surface area contributed by atoms with E-state index in [1.807, 2.05) is 0 Å². The number of benzene rings is 1. The molecule has 1 atom stereocenters. The zero-order valence-electron chi connectivity index (χ0n) is 13.8. The van der Waals surface area contributed by atoms with Crippen LogP contribution in [0.5, 0.6) is 0 Å². The van der Waals surface area contributed by atoms with Crippen LogP contribution in [0.15, 0.2) is 36.7 Å². The van der Waals surface area contributed by atoms with Crippen LogP contribution in [0.3, 0.4) is 0 Å². The minimum Gasteiger partial charge on any atom is -0.379 e. The van der Waals surface area contributed by atoms with Crippen LogP contribution in [-0.2, 0) is 4.74 Å². The van der Waals surface area contributed by atoms with Gasteiger partial charge in [0.15, 0.2) is 0 Å². The first kappa shape index (κ1) is 16.5. The zero-order valence-corrected chi connectivity index (χ0v) is 13.8. The summed E-state index contributed by atoms with van der Waals surface area (Å²) >= 11 is 0. The fourth-order valence-corrected chi connectivity index (χ4v) is 2.72. The quantitative estimate of drug-likeness (QED) is 0.783. The minimum absolute atomic E-state index is 0.0874. The van der Waals surface area contributed by atoms with Gasteiger partial charge < -0.3 is 15.4 Å². The second kappa shape index (κ2) is 7.94. The number of carbonyl (C=O) groups excluding carboxylic acids is 1. The van der Waals surface area contributed by atoms with Gasteiger partial charge in [-0.1, -0.05) is 29.8 Å². The molecule has 0 saturated carbocycles. The predicted octanol–water partition coefficient (Wildman–Crippen LogP) is 1.91. The number of aromatic amines is 1. The third-order valence-electron chi connectivity index (χ3n) is 4.09. The van der Waals surface area contributed by atoms with Crippen LogP contribution in [0.2, 0.25) is 0 Å². The van der Waals surface area contributed by atoms with Crippen molar-refractivity contribution in [3.05, 3.63) is 47.8 Å². The zero-order chi connectivity index (χ0) is 16.8. The average Bonchev–Trinajstić information content (AvgIpc) is 3.09. The number of amides is 2. The molecule has 2 amide bonds. The number of carbonyl (C=O) groups is 1. The van der Waals surface area contributed by atoms with Gasteiger partial charge in [-0.25, -0.2) is 4.79 Å². The van der Waals surface area contributed by atoms with Crippen LogP contribution in [-0.4, -0.2) is 54.0 Å². The van der Waals surface area contributed by atoms with Crippen LogP contribution in [0.25, 0.3) is 0 Å². The molecule has 2 aromatic rings. The number of anilines is 1. The highest BCUT2D eigenvalue weighted by atomic mass is 16.5. The van der Waals surface area contributed by atoms with Gasteiger partial charge in [0, 0.05) is 25.8 Å². The van der Waals surface area contributed by atoms with Crippen molar-refractivity contribution in [3.63, 3.8) is 0 Å². The standard InChI is InChI=1S/C17H23N5O2/c1-13-2-4-14(5-3-13)16(12-22-6-8-24-9-7-22)21-17(23)20-15-10-18-19-11-15/h2-5,10-11,16H,6-9,12H2,1H3,(H,18,19)(H2,20,21,23). The Labute approximate surface area is 141 Å². The Morgan fingerprint density at radius 1 is 1.33 bits per heavy atom. The molecule has 7 nitrogen and oxygen atoms in total. The molecule has 1 aliphatic rings. The van der Waals surface area contributed by atoms with Crippen molar-refractivity contribution >= 4 is 11.7 Å². The molecular formula is C17H23N5O2. The number of rotatable bonds is 5. The Morgan fingerprint density at radius 2 is 2.08 bits per heavy atom. The number of aromatic nitrogens is 2. The van der Waals surface area contributed by atoms with E-state index in [-0.39, 0.29) is 12.1 Å². The molecule has 2 heterocycles. The Kier molecular flexibility index (Phi) is 5.45. The van der Waals surface area contributed by atoms with Crippen LogP contribution in [0, 0.1) is 6.92 Å². The molecule has 3 N–H and O–H groups in total. The first-order chi connectivity index (χ1) is 11.7. The van der Waals surface area contributed by atoms with Gasteiger partial charge in [-0.3, -0.25) is 10.00 Å². The molecule has 1 saturated heterocycles. The Balaban J connectivity index is 1.68. The van der Waals surface area contributed by atoms with Crippen molar-refractivity contribution in [2.24, 2.45) is 0 Å². The third kappa shape index (κ3) is 4.56. The molecule has 0 radical (unpaired) electrons. The highest BCUT2D eigenvalue weighted by Crippen LogP contribution is 2.17. The molecule has 128 valence electrons. The Bertz CT molecular complexity index is 636. The summed E-state index contributed by atoms with van der Waals surface area (Å²) in [6.07, 6.45) is 3.21. The second-order valence-electron chi connectivity index (χ2n) is 5.96. The van der Waals surface area contributed by atoms with Crippen LogP contribution < -0.4 is 10.6 Å². The molecule has 24 heavy (non-hydrogen) atoms. The smallest absolute Gasteiger partial charge is 0.319 e. The molecule has 1 aromatic heterocycles. The molecule has 1 aliphatic heterocycles. The first-order valence-corrected chi connectivity index (χ1v) is 8.13. The molecule has 0 spiro atoms. The van der Waals surface area contributed by atoms with Crippen LogP contribution in [0.1, 0.15) is 17.2 Å². The fourth-order valence-electron chi connectivity index (χ4n) is 2.72. The Morgan fingerprint density at radius 3 is 2.75 bits per heavy atom. The molecule has 0 aliphatic carbocycles. The van der Waals surface area contributed by atoms with Gasteiger partial charge in [0.05, 0.1) is 31.1 Å². The van der Waals surface area contributed by atoms with Gasteiger partial charge in [-0.05, 0) is 12.5 Å². The minimum atomic E-state index is -0.241. The average molecular weight is 329 g/mol. The van der Waals surface area contributed by atoms with Gasteiger partial charge in [0.1, 0.15) is 0 Å². The van der Waals surface area contributed by atoms with Gasteiger partial charge in [-0.2, -0.15) is 5.10 Å². The normalized spacial score (nSPS) is 16.5. The van der Waals surface area contributed by atoms with Gasteiger partial charge in [0.25, 0.3) is 0 Å². The lowest BCUT2D eigenvalue weighted by Crippen LogP contribution is -2.44. The van der Waals surface area contributed by atoms with E-state index in [0.29, 0.717) is 5.69 Å². The molecule has 1 fully saturated rings. The summed E-state index contributed by atoms with van der Waals surface area (Å²) < 4.78 is 5.40. The number of hydrogen-bond donors (Lipinski definition) is 3. The van der Waals surface area contributed by atoms with E-state index >= 15 is 0 Å². The monoisotopic (exact) mass is 329 g/mol. The van der Waals surface area contributed by atoms with E-state index in [0.717, 1.165) is 38.4 Å². The molecule has 1 unspecified atom stereocenters. The van der Waals surface area contributed by atoms with Crippen molar-refractivity contribution in [2.75, 3.05) is 38.2 Å². The van der Waals surface area contributed by atoms with E-state index in [4.69, 9.17) is 4.74 Å². The summed E-state index contributed by atoms with van der Waals surface area (Å²) in [5, 5.41) is 12.4. The van der Waals surface area contributed by atoms with Crippen molar-refractivity contribution in [1.29, 1.82) is 0 Å². The van der Waals surface area contributed by atoms with Crippen molar-refractivity contribution in [3.8, 4) is 0 Å². The van der Waals surface area contributed by atoms with E-state index in [9.17, 15) is 4.79 Å². The summed E-state index contributed by atoms with van der Waals surface area (Å²) in [6, 6.07) is 7.94. The van der Waals surface area contributed by atoms with Crippen LogP contribution >= 0.6 is 0 Å². The van der Waals surface area contributed by atoms with Crippen molar-refractivity contribution < 1.29 is 9.53 Å². The fraction of sp³-hybridized carbons (Fsp3) is 0.412. The van der Waals surface area contributed by atoms with Gasteiger partial charge in [0.2, 0.25) is 0 Å². The summed E-state index contributed by atoms with van der Waals surface area (Å²) in [7, 11) is 0. The first-order valence-electron chi connectivity index (χ1n) is 8.13. The molecule has 0 bridgehead atoms. The molecule has 7 heteroatoms. The van der Waals surface area contributed by atoms with Gasteiger partial charge >= 0.3 is 6.03 Å². The lowest BCUT2D eigenvalue weighted by atomic mass is 10.0. The van der Waals surface area contributed by atoms with E-state index in [1.54, 1.807) is 12.4 Å². The molecule has 1 aromatic carbocycles. The summed E-state index contributed by atoms with van der Waals surface area (Å²) in [5.41, 5.74) is 2.93. The molecule has 3 rings (SSSR count). The van der Waals surface area contributed by atoms with Crippen LogP contribution in [0.4, 0.5) is 10.5 Å². The maximum absolute atomic E-state index is 12.3. The highest BCUT2D eigenvalue weighted by Gasteiger charge is 2.20. The topological polar surface area (TPSA) is 82.3 Å². The summed E-state index contributed by atoms with van der Waals surface area (Å²) in [5.74, 6) is 0. The number of H-pyrrole nitrogens is 1. The largest absolute Gasteiger partial charge is 0.379 e. The van der Waals surface area contributed by atoms with Crippen molar-refractivity contribution in [1.82, 2.24) is 20.4 Å². The second-order valence-corrected chi connectivity index (χ2v) is 5.96. The number of hydrogen-bond acceptors (Lipinski definition) is 4. The SMILES string of the molecule is Cc1ccc(C(CN2CCOCC2)NC(=O)Nc2cn[nH]c2)cc1. The Hall–Kier alpha value is -2.38. The predicted molar refractivity (Wildman–Crippen MR) is 91.9 cm³/mol.